The highest BCUT2D eigenvalue weighted by atomic mass is 16.6. The number of nitrogens with zero attached hydrogens (tertiary/aromatic N) is 1. The molecular formula is C14H18N2O4. The van der Waals surface area contributed by atoms with Crippen LogP contribution in [0.4, 0.5) is 10.5 Å². The van der Waals surface area contributed by atoms with Gasteiger partial charge in [-0.05, 0) is 18.6 Å². The number of cyclic esters (lactones) is 1. The zero-order chi connectivity index (χ0) is 14.5. The number of carbonyl (C=O) groups excluding carboxylic acids is 2. The maximum absolute atomic E-state index is 11.9. The molecule has 0 spiro atoms. The fourth-order valence-corrected chi connectivity index (χ4v) is 2.05. The number of methoxy groups -OCH3 is 1. The average Bonchev–Trinajstić information content (AvgIpc) is 2.76. The van der Waals surface area contributed by atoms with Crippen molar-refractivity contribution in [3.05, 3.63) is 24.3 Å². The number of para-hydroxylation sites is 2. The topological polar surface area (TPSA) is 67.9 Å². The van der Waals surface area contributed by atoms with Crippen LogP contribution in [0.1, 0.15) is 12.8 Å². The first-order chi connectivity index (χ1) is 9.60. The Morgan fingerprint density at radius 2 is 2.25 bits per heavy atom. The molecule has 1 fully saturated rings. The molecule has 0 aliphatic carbocycles. The SMILES string of the molecule is COc1ccccc1NC(=O)CCC1CN(C)C(=O)O1. The van der Waals surface area contributed by atoms with E-state index in [-0.39, 0.29) is 18.1 Å². The quantitative estimate of drug-likeness (QED) is 0.892. The van der Waals surface area contributed by atoms with Crippen LogP contribution < -0.4 is 10.1 Å². The van der Waals surface area contributed by atoms with Gasteiger partial charge < -0.3 is 19.7 Å². The molecule has 1 aliphatic rings. The first kappa shape index (κ1) is 14.2. The molecule has 0 radical (unpaired) electrons. The Kier molecular flexibility index (Phi) is 4.45. The number of ether oxygens (including phenoxy) is 2. The first-order valence-corrected chi connectivity index (χ1v) is 6.44. The van der Waals surface area contributed by atoms with E-state index in [0.29, 0.717) is 30.8 Å². The van der Waals surface area contributed by atoms with Gasteiger partial charge in [0.05, 0.1) is 19.3 Å². The van der Waals surface area contributed by atoms with Crippen LogP contribution in [0.2, 0.25) is 0 Å². The van der Waals surface area contributed by atoms with Crippen LogP contribution in [0.25, 0.3) is 0 Å². The number of amides is 2. The number of carbonyl (C=O) groups is 2. The van der Waals surface area contributed by atoms with Gasteiger partial charge in [0.1, 0.15) is 11.9 Å². The number of anilines is 1. The highest BCUT2D eigenvalue weighted by molar-refractivity contribution is 5.92. The van der Waals surface area contributed by atoms with Crippen LogP contribution in [-0.4, -0.2) is 43.7 Å². The molecular weight excluding hydrogens is 260 g/mol. The molecule has 108 valence electrons. The minimum atomic E-state index is -0.333. The molecule has 1 unspecified atom stereocenters. The van der Waals surface area contributed by atoms with Gasteiger partial charge >= 0.3 is 6.09 Å². The Morgan fingerprint density at radius 3 is 2.90 bits per heavy atom. The fraction of sp³-hybridized carbons (Fsp3) is 0.429. The van der Waals surface area contributed by atoms with Gasteiger partial charge in [0.15, 0.2) is 0 Å². The monoisotopic (exact) mass is 278 g/mol. The van der Waals surface area contributed by atoms with Gasteiger partial charge in [0.2, 0.25) is 5.91 Å². The molecule has 6 nitrogen and oxygen atoms in total. The van der Waals surface area contributed by atoms with Gasteiger partial charge in [0, 0.05) is 13.5 Å². The lowest BCUT2D eigenvalue weighted by Gasteiger charge is -2.11. The van der Waals surface area contributed by atoms with E-state index >= 15 is 0 Å². The summed E-state index contributed by atoms with van der Waals surface area (Å²) >= 11 is 0. The van der Waals surface area contributed by atoms with E-state index in [0.717, 1.165) is 0 Å². The van der Waals surface area contributed by atoms with Crippen molar-refractivity contribution in [2.75, 3.05) is 26.0 Å². The summed E-state index contributed by atoms with van der Waals surface area (Å²) in [7, 11) is 3.23. The Labute approximate surface area is 117 Å². The summed E-state index contributed by atoms with van der Waals surface area (Å²) in [6.45, 7) is 0.529. The number of benzene rings is 1. The molecule has 1 aliphatic heterocycles. The third kappa shape index (κ3) is 3.40. The molecule has 1 heterocycles. The molecule has 2 rings (SSSR count). The molecule has 0 bridgehead atoms. The van der Waals surface area contributed by atoms with E-state index in [9.17, 15) is 9.59 Å². The lowest BCUT2D eigenvalue weighted by Crippen LogP contribution is -2.20. The molecule has 1 aromatic carbocycles. The summed E-state index contributed by atoms with van der Waals surface area (Å²) in [6.07, 6.45) is 0.261. The molecule has 0 aromatic heterocycles. The van der Waals surface area contributed by atoms with Crippen LogP contribution in [0.15, 0.2) is 24.3 Å². The Hall–Kier alpha value is -2.24. The van der Waals surface area contributed by atoms with Gasteiger partial charge in [-0.2, -0.15) is 0 Å². The highest BCUT2D eigenvalue weighted by Gasteiger charge is 2.28. The fourth-order valence-electron chi connectivity index (χ4n) is 2.05. The van der Waals surface area contributed by atoms with E-state index in [1.807, 2.05) is 12.1 Å². The molecule has 1 saturated heterocycles. The predicted octanol–water partition coefficient (Wildman–Crippen LogP) is 1.86. The lowest BCUT2D eigenvalue weighted by molar-refractivity contribution is -0.116. The summed E-state index contributed by atoms with van der Waals surface area (Å²) in [6, 6.07) is 7.22. The van der Waals surface area contributed by atoms with E-state index in [1.54, 1.807) is 26.3 Å². The maximum Gasteiger partial charge on any atom is 0.409 e. The minimum Gasteiger partial charge on any atom is -0.495 e. The van der Waals surface area contributed by atoms with Crippen molar-refractivity contribution in [3.63, 3.8) is 0 Å². The molecule has 1 aromatic rings. The van der Waals surface area contributed by atoms with Crippen molar-refractivity contribution >= 4 is 17.7 Å². The van der Waals surface area contributed by atoms with Crippen LogP contribution in [0.5, 0.6) is 5.75 Å². The average molecular weight is 278 g/mol. The summed E-state index contributed by atoms with van der Waals surface area (Å²) in [4.78, 5) is 24.6. The van der Waals surface area contributed by atoms with Crippen molar-refractivity contribution < 1.29 is 19.1 Å². The number of nitrogens with one attached hydrogen (secondary N) is 1. The third-order valence-corrected chi connectivity index (χ3v) is 3.13. The third-order valence-electron chi connectivity index (χ3n) is 3.13. The second kappa shape index (κ2) is 6.27. The van der Waals surface area contributed by atoms with Crippen LogP contribution >= 0.6 is 0 Å². The summed E-state index contributed by atoms with van der Waals surface area (Å²) in [5.74, 6) is 0.493. The molecule has 6 heteroatoms. The Balaban J connectivity index is 1.82. The van der Waals surface area contributed by atoms with E-state index < -0.39 is 0 Å². The van der Waals surface area contributed by atoms with Crippen LogP contribution in [0.3, 0.4) is 0 Å². The largest absolute Gasteiger partial charge is 0.495 e. The number of likely N-dealkylation sites (N-methyl/N-ethyl adjacent to an activating group) is 1. The highest BCUT2D eigenvalue weighted by Crippen LogP contribution is 2.23. The van der Waals surface area contributed by atoms with Crippen molar-refractivity contribution in [3.8, 4) is 5.75 Å². The maximum atomic E-state index is 11.9. The zero-order valence-electron chi connectivity index (χ0n) is 11.6. The van der Waals surface area contributed by atoms with Crippen molar-refractivity contribution in [2.24, 2.45) is 0 Å². The molecule has 2 amide bonds. The lowest BCUT2D eigenvalue weighted by atomic mass is 10.2. The second-order valence-corrected chi connectivity index (χ2v) is 4.67. The molecule has 20 heavy (non-hydrogen) atoms. The van der Waals surface area contributed by atoms with E-state index in [2.05, 4.69) is 5.32 Å². The Morgan fingerprint density at radius 1 is 1.50 bits per heavy atom. The molecule has 1 atom stereocenters. The minimum absolute atomic E-state index is 0.125. The summed E-state index contributed by atoms with van der Waals surface area (Å²) in [5.41, 5.74) is 0.639. The number of hydrogen-bond donors (Lipinski definition) is 1. The van der Waals surface area contributed by atoms with E-state index in [1.165, 1.54) is 4.90 Å². The van der Waals surface area contributed by atoms with Gasteiger partial charge in [0.25, 0.3) is 0 Å². The summed E-state index contributed by atoms with van der Waals surface area (Å²) < 4.78 is 10.3. The predicted molar refractivity (Wildman–Crippen MR) is 73.8 cm³/mol. The van der Waals surface area contributed by atoms with Gasteiger partial charge in [-0.15, -0.1) is 0 Å². The molecule has 0 saturated carbocycles. The smallest absolute Gasteiger partial charge is 0.409 e. The summed E-state index contributed by atoms with van der Waals surface area (Å²) in [5, 5.41) is 2.79. The van der Waals surface area contributed by atoms with Crippen molar-refractivity contribution in [2.45, 2.75) is 18.9 Å². The van der Waals surface area contributed by atoms with E-state index in [4.69, 9.17) is 9.47 Å². The van der Waals surface area contributed by atoms with Gasteiger partial charge in [-0.25, -0.2) is 4.79 Å². The standard InChI is InChI=1S/C14H18N2O4/c1-16-9-10(20-14(16)18)7-8-13(17)15-11-5-3-4-6-12(11)19-2/h3-6,10H,7-9H2,1-2H3,(H,15,17). The number of hydrogen-bond acceptors (Lipinski definition) is 4. The Bertz CT molecular complexity index is 504. The first-order valence-electron chi connectivity index (χ1n) is 6.44. The van der Waals surface area contributed by atoms with Crippen molar-refractivity contribution in [1.82, 2.24) is 4.90 Å². The zero-order valence-corrected chi connectivity index (χ0v) is 11.6. The number of rotatable bonds is 5. The second-order valence-electron chi connectivity index (χ2n) is 4.67. The van der Waals surface area contributed by atoms with Crippen LogP contribution in [0, 0.1) is 0 Å². The van der Waals surface area contributed by atoms with Gasteiger partial charge in [-0.1, -0.05) is 12.1 Å². The van der Waals surface area contributed by atoms with Crippen LogP contribution in [-0.2, 0) is 9.53 Å². The van der Waals surface area contributed by atoms with Gasteiger partial charge in [-0.3, -0.25) is 4.79 Å². The molecule has 1 N–H and O–H groups in total. The van der Waals surface area contributed by atoms with Crippen molar-refractivity contribution in [1.29, 1.82) is 0 Å². The normalized spacial score (nSPS) is 17.8.